The van der Waals surface area contributed by atoms with Crippen LogP contribution in [0.2, 0.25) is 0 Å². The van der Waals surface area contributed by atoms with E-state index < -0.39 is 35.2 Å². The lowest BCUT2D eigenvalue weighted by Crippen LogP contribution is -2.14. The summed E-state index contributed by atoms with van der Waals surface area (Å²) >= 11 is 0. The fraction of sp³-hybridized carbons (Fsp3) is 0.400. The summed E-state index contributed by atoms with van der Waals surface area (Å²) < 4.78 is 56.5. The minimum Gasteiger partial charge on any atom is -0.290 e. The first-order valence-electron chi connectivity index (χ1n) is 7.25. The maximum absolute atomic E-state index is 14.1. The van der Waals surface area contributed by atoms with Gasteiger partial charge in [-0.3, -0.25) is 4.79 Å². The number of alkyl halides is 1. The van der Waals surface area contributed by atoms with Gasteiger partial charge >= 0.3 is 0 Å². The van der Waals surface area contributed by atoms with Crippen molar-refractivity contribution < 1.29 is 22.4 Å². The first-order chi connectivity index (χ1) is 11.0. The van der Waals surface area contributed by atoms with Crippen LogP contribution in [0.15, 0.2) is 12.1 Å². The highest BCUT2D eigenvalue weighted by Gasteiger charge is 2.41. The number of nitrogens with zero attached hydrogens (tertiary/aromatic N) is 3. The average Bonchev–Trinajstić information content (AvgIpc) is 3.20. The van der Waals surface area contributed by atoms with Gasteiger partial charge in [0, 0.05) is 12.3 Å². The van der Waals surface area contributed by atoms with Gasteiger partial charge in [0.25, 0.3) is 0 Å². The van der Waals surface area contributed by atoms with Crippen molar-refractivity contribution in [3.05, 3.63) is 46.8 Å². The number of halogens is 4. The second-order valence-corrected chi connectivity index (χ2v) is 5.85. The molecule has 1 fully saturated rings. The summed E-state index contributed by atoms with van der Waals surface area (Å²) in [6.45, 7) is 0. The molecule has 2 heterocycles. The zero-order valence-corrected chi connectivity index (χ0v) is 11.8. The van der Waals surface area contributed by atoms with E-state index in [1.54, 1.807) is 0 Å². The van der Waals surface area contributed by atoms with Crippen LogP contribution >= 0.6 is 0 Å². The van der Waals surface area contributed by atoms with Crippen LogP contribution in [0.1, 0.15) is 53.5 Å². The fourth-order valence-corrected chi connectivity index (χ4v) is 2.90. The Kier molecular flexibility index (Phi) is 3.04. The highest BCUT2D eigenvalue weighted by atomic mass is 19.2. The number of rotatable bonds is 3. The lowest BCUT2D eigenvalue weighted by Gasteiger charge is -2.14. The Morgan fingerprint density at radius 3 is 2.57 bits per heavy atom. The quantitative estimate of drug-likeness (QED) is 0.494. The predicted molar refractivity (Wildman–Crippen MR) is 70.0 cm³/mol. The molecule has 2 aromatic rings. The number of hydrogen-bond acceptors (Lipinski definition) is 3. The summed E-state index contributed by atoms with van der Waals surface area (Å²) in [6.07, 6.45) is -0.448. The number of ketones is 1. The van der Waals surface area contributed by atoms with Crippen molar-refractivity contribution in [3.63, 3.8) is 0 Å². The molecule has 4 nitrogen and oxygen atoms in total. The summed E-state index contributed by atoms with van der Waals surface area (Å²) in [5, 5.41) is 3.93. The summed E-state index contributed by atoms with van der Waals surface area (Å²) in [5.74, 6) is -4.33. The summed E-state index contributed by atoms with van der Waals surface area (Å²) in [5.41, 5.74) is -0.596. The molecule has 120 valence electrons. The minimum atomic E-state index is -1.62. The molecule has 0 radical (unpaired) electrons. The van der Waals surface area contributed by atoms with Gasteiger partial charge in [-0.25, -0.2) is 27.2 Å². The van der Waals surface area contributed by atoms with E-state index in [4.69, 9.17) is 0 Å². The smallest absolute Gasteiger partial charge is 0.217 e. The monoisotopic (exact) mass is 325 g/mol. The van der Waals surface area contributed by atoms with Crippen LogP contribution in [0.3, 0.4) is 0 Å². The first kappa shape index (κ1) is 14.3. The van der Waals surface area contributed by atoms with E-state index in [-0.39, 0.29) is 29.8 Å². The molecule has 1 aromatic heterocycles. The topological polar surface area (TPSA) is 47.8 Å². The van der Waals surface area contributed by atoms with Gasteiger partial charge in [0.15, 0.2) is 23.6 Å². The number of Topliss-reactive ketones (excluding diaryl/α,β-unsaturated/α-hetero) is 1. The Labute approximate surface area is 128 Å². The highest BCUT2D eigenvalue weighted by Crippen LogP contribution is 2.42. The van der Waals surface area contributed by atoms with Crippen LogP contribution in [-0.4, -0.2) is 20.5 Å². The van der Waals surface area contributed by atoms with Gasteiger partial charge in [-0.05, 0) is 25.0 Å². The molecule has 1 aliphatic heterocycles. The molecule has 2 unspecified atom stereocenters. The molecule has 23 heavy (non-hydrogen) atoms. The Balaban J connectivity index is 1.79. The van der Waals surface area contributed by atoms with Crippen LogP contribution in [0, 0.1) is 23.4 Å². The molecule has 1 aliphatic carbocycles. The molecule has 8 heteroatoms. The van der Waals surface area contributed by atoms with E-state index in [2.05, 4.69) is 10.1 Å². The van der Waals surface area contributed by atoms with Gasteiger partial charge in [0.1, 0.15) is 5.82 Å². The van der Waals surface area contributed by atoms with E-state index in [0.29, 0.717) is 6.07 Å². The molecule has 2 atom stereocenters. The SMILES string of the molecule is O=C(c1nc2n(n1)C(c1c(F)ccc(F)c1F)CC2F)C1CC1. The fourth-order valence-electron chi connectivity index (χ4n) is 2.90. The van der Waals surface area contributed by atoms with Crippen molar-refractivity contribution in [3.8, 4) is 0 Å². The first-order valence-corrected chi connectivity index (χ1v) is 7.25. The van der Waals surface area contributed by atoms with E-state index in [1.807, 2.05) is 0 Å². The van der Waals surface area contributed by atoms with Gasteiger partial charge < -0.3 is 0 Å². The molecule has 2 aliphatic rings. The molecular formula is C15H11F4N3O. The third kappa shape index (κ3) is 2.15. The standard InChI is InChI=1S/C15H11F4N3O/c16-7-3-4-8(17)12(19)11(7)10-5-9(18)15-20-14(21-22(10)15)13(23)6-1-2-6/h3-4,6,9-10H,1-2,5H2. The second-order valence-electron chi connectivity index (χ2n) is 5.85. The van der Waals surface area contributed by atoms with E-state index >= 15 is 0 Å². The van der Waals surface area contributed by atoms with Gasteiger partial charge in [-0.15, -0.1) is 5.10 Å². The Bertz CT molecular complexity index is 815. The number of fused-ring (bicyclic) bond motifs is 1. The number of aromatic nitrogens is 3. The zero-order valence-electron chi connectivity index (χ0n) is 11.8. The molecule has 0 saturated heterocycles. The lowest BCUT2D eigenvalue weighted by atomic mass is 10.0. The largest absolute Gasteiger partial charge is 0.290 e. The van der Waals surface area contributed by atoms with E-state index in [9.17, 15) is 22.4 Å². The van der Waals surface area contributed by atoms with Crippen molar-refractivity contribution in [1.82, 2.24) is 14.8 Å². The third-order valence-electron chi connectivity index (χ3n) is 4.24. The Morgan fingerprint density at radius 2 is 1.87 bits per heavy atom. The van der Waals surface area contributed by atoms with Gasteiger partial charge in [-0.1, -0.05) is 0 Å². The molecule has 0 amide bonds. The Hall–Kier alpha value is -2.25. The zero-order chi connectivity index (χ0) is 16.3. The number of hydrogen-bond donors (Lipinski definition) is 0. The van der Waals surface area contributed by atoms with Crippen molar-refractivity contribution in [2.75, 3.05) is 0 Å². The molecule has 0 bridgehead atoms. The van der Waals surface area contributed by atoms with Crippen molar-refractivity contribution in [2.45, 2.75) is 31.5 Å². The molecular weight excluding hydrogens is 314 g/mol. The van der Waals surface area contributed by atoms with Crippen molar-refractivity contribution in [2.24, 2.45) is 5.92 Å². The van der Waals surface area contributed by atoms with Gasteiger partial charge in [0.05, 0.1) is 11.6 Å². The van der Waals surface area contributed by atoms with Crippen molar-refractivity contribution >= 4 is 5.78 Å². The lowest BCUT2D eigenvalue weighted by molar-refractivity contribution is 0.0956. The maximum atomic E-state index is 14.1. The Morgan fingerprint density at radius 1 is 1.17 bits per heavy atom. The number of benzene rings is 1. The van der Waals surface area contributed by atoms with Crippen molar-refractivity contribution in [1.29, 1.82) is 0 Å². The molecule has 0 N–H and O–H groups in total. The highest BCUT2D eigenvalue weighted by molar-refractivity contribution is 5.95. The molecule has 1 saturated carbocycles. The van der Waals surface area contributed by atoms with Crippen LogP contribution < -0.4 is 0 Å². The number of carbonyl (C=O) groups excluding carboxylic acids is 1. The maximum Gasteiger partial charge on any atom is 0.217 e. The normalized spacial score (nSPS) is 23.1. The molecule has 1 aromatic carbocycles. The molecule has 4 rings (SSSR count). The molecule has 0 spiro atoms. The van der Waals surface area contributed by atoms with Crippen LogP contribution in [0.4, 0.5) is 17.6 Å². The van der Waals surface area contributed by atoms with Gasteiger partial charge in [0.2, 0.25) is 11.6 Å². The average molecular weight is 325 g/mol. The van der Waals surface area contributed by atoms with Crippen LogP contribution in [-0.2, 0) is 0 Å². The summed E-state index contributed by atoms with van der Waals surface area (Å²) in [7, 11) is 0. The van der Waals surface area contributed by atoms with E-state index in [1.165, 1.54) is 0 Å². The minimum absolute atomic E-state index is 0.146. The third-order valence-corrected chi connectivity index (χ3v) is 4.24. The summed E-state index contributed by atoms with van der Waals surface area (Å²) in [6, 6.07) is 0.288. The number of carbonyl (C=O) groups is 1. The van der Waals surface area contributed by atoms with Gasteiger partial charge in [-0.2, -0.15) is 0 Å². The second kappa shape index (κ2) is 4.87. The summed E-state index contributed by atoms with van der Waals surface area (Å²) in [4.78, 5) is 15.9. The predicted octanol–water partition coefficient (Wildman–Crippen LogP) is 3.29. The van der Waals surface area contributed by atoms with E-state index in [0.717, 1.165) is 23.6 Å². The van der Waals surface area contributed by atoms with Crippen LogP contribution in [0.5, 0.6) is 0 Å². The van der Waals surface area contributed by atoms with Crippen LogP contribution in [0.25, 0.3) is 0 Å².